The molecule has 228 valence electrons. The van der Waals surface area contributed by atoms with Crippen molar-refractivity contribution in [2.24, 2.45) is 0 Å². The number of para-hydroxylation sites is 2. The highest BCUT2D eigenvalue weighted by Crippen LogP contribution is 2.55. The van der Waals surface area contributed by atoms with E-state index in [1.807, 2.05) is 24.3 Å². The van der Waals surface area contributed by atoms with Crippen molar-refractivity contribution in [2.45, 2.75) is 19.3 Å². The van der Waals surface area contributed by atoms with Gasteiger partial charge < -0.3 is 13.7 Å². The zero-order valence-corrected chi connectivity index (χ0v) is 26.7. The average molecular weight is 618 g/mol. The van der Waals surface area contributed by atoms with E-state index in [1.165, 1.54) is 33.4 Å². The maximum atomic E-state index is 6.45. The van der Waals surface area contributed by atoms with Gasteiger partial charge in [-0.25, -0.2) is 0 Å². The van der Waals surface area contributed by atoms with Gasteiger partial charge in [0, 0.05) is 39.0 Å². The first kappa shape index (κ1) is 27.1. The summed E-state index contributed by atoms with van der Waals surface area (Å²) < 4.78 is 12.9. The molecule has 10 rings (SSSR count). The van der Waals surface area contributed by atoms with E-state index in [1.54, 1.807) is 0 Å². The molecular weight excluding hydrogens is 587 g/mol. The quantitative estimate of drug-likeness (QED) is 0.197. The third-order valence-corrected chi connectivity index (χ3v) is 10.2. The molecule has 0 radical (unpaired) electrons. The summed E-state index contributed by atoms with van der Waals surface area (Å²) in [5.41, 5.74) is 14.2. The smallest absolute Gasteiger partial charge is 0.137 e. The minimum Gasteiger partial charge on any atom is -0.456 e. The van der Waals surface area contributed by atoms with Crippen LogP contribution in [0.25, 0.3) is 66.1 Å². The molecule has 1 aliphatic rings. The number of benzene rings is 7. The number of nitrogens with zero attached hydrogens (tertiary/aromatic N) is 1. The van der Waals surface area contributed by atoms with Crippen molar-refractivity contribution in [3.05, 3.63) is 163 Å². The van der Waals surface area contributed by atoms with Crippen molar-refractivity contribution in [1.29, 1.82) is 0 Å². The van der Waals surface area contributed by atoms with E-state index in [4.69, 9.17) is 8.83 Å². The number of hydrogen-bond acceptors (Lipinski definition) is 3. The number of hydrogen-bond donors (Lipinski definition) is 0. The van der Waals surface area contributed by atoms with Crippen LogP contribution in [0.3, 0.4) is 0 Å². The summed E-state index contributed by atoms with van der Waals surface area (Å²) in [6.45, 7) is 4.71. The van der Waals surface area contributed by atoms with Crippen LogP contribution in [0.2, 0.25) is 0 Å². The Morgan fingerprint density at radius 3 is 1.96 bits per heavy atom. The second kappa shape index (κ2) is 9.97. The molecule has 0 aliphatic heterocycles. The maximum absolute atomic E-state index is 6.45. The minimum atomic E-state index is -0.158. The van der Waals surface area contributed by atoms with Crippen molar-refractivity contribution in [2.75, 3.05) is 4.90 Å². The zero-order valence-electron chi connectivity index (χ0n) is 26.7. The van der Waals surface area contributed by atoms with E-state index in [9.17, 15) is 0 Å². The van der Waals surface area contributed by atoms with Gasteiger partial charge in [-0.1, -0.05) is 111 Å². The molecule has 0 saturated heterocycles. The van der Waals surface area contributed by atoms with Gasteiger partial charge in [0.15, 0.2) is 0 Å². The number of furan rings is 2. The van der Waals surface area contributed by atoms with Gasteiger partial charge in [0.25, 0.3) is 0 Å². The lowest BCUT2D eigenvalue weighted by Crippen LogP contribution is -2.17. The SMILES string of the molecule is CC1(C)c2ccccc2-c2cc(N(c3ccc4c(c3)oc3ccccc34)c3cccc4oc5ccccc5c34)cc(-c3ccccc3)c21. The van der Waals surface area contributed by atoms with Gasteiger partial charge in [0.05, 0.1) is 11.1 Å². The number of rotatable bonds is 4. The van der Waals surface area contributed by atoms with Crippen LogP contribution in [-0.2, 0) is 5.41 Å². The van der Waals surface area contributed by atoms with Gasteiger partial charge >= 0.3 is 0 Å². The second-order valence-electron chi connectivity index (χ2n) is 13.3. The summed E-state index contributed by atoms with van der Waals surface area (Å²) in [6, 6.07) is 54.0. The van der Waals surface area contributed by atoms with E-state index >= 15 is 0 Å². The van der Waals surface area contributed by atoms with Crippen molar-refractivity contribution in [1.82, 2.24) is 0 Å². The Kier molecular flexibility index (Phi) is 5.63. The molecule has 0 spiro atoms. The molecule has 7 aromatic carbocycles. The summed E-state index contributed by atoms with van der Waals surface area (Å²) in [6.07, 6.45) is 0. The molecule has 9 aromatic rings. The van der Waals surface area contributed by atoms with Crippen LogP contribution in [0.4, 0.5) is 17.1 Å². The van der Waals surface area contributed by atoms with Crippen LogP contribution in [-0.4, -0.2) is 0 Å². The van der Waals surface area contributed by atoms with Gasteiger partial charge in [-0.15, -0.1) is 0 Å². The molecule has 0 fully saturated rings. The lowest BCUT2D eigenvalue weighted by Gasteiger charge is -2.29. The Morgan fingerprint density at radius 1 is 0.458 bits per heavy atom. The first-order chi connectivity index (χ1) is 23.6. The lowest BCUT2D eigenvalue weighted by molar-refractivity contribution is 0.662. The summed E-state index contributed by atoms with van der Waals surface area (Å²) in [4.78, 5) is 2.39. The maximum Gasteiger partial charge on any atom is 0.137 e. The second-order valence-corrected chi connectivity index (χ2v) is 13.3. The Hall–Kier alpha value is -6.06. The highest BCUT2D eigenvalue weighted by atomic mass is 16.3. The van der Waals surface area contributed by atoms with Crippen LogP contribution < -0.4 is 4.90 Å². The summed E-state index contributed by atoms with van der Waals surface area (Å²) in [5.74, 6) is 0. The third kappa shape index (κ3) is 3.82. The molecule has 48 heavy (non-hydrogen) atoms. The lowest BCUT2D eigenvalue weighted by atomic mass is 9.78. The van der Waals surface area contributed by atoms with Gasteiger partial charge in [-0.3, -0.25) is 0 Å². The zero-order chi connectivity index (χ0) is 32.0. The normalized spacial score (nSPS) is 13.4. The molecule has 1 aliphatic carbocycles. The van der Waals surface area contributed by atoms with Gasteiger partial charge in [-0.05, 0) is 81.9 Å². The van der Waals surface area contributed by atoms with E-state index in [-0.39, 0.29) is 5.41 Å². The fourth-order valence-electron chi connectivity index (χ4n) is 8.11. The predicted molar refractivity (Wildman–Crippen MR) is 199 cm³/mol. The highest BCUT2D eigenvalue weighted by molar-refractivity contribution is 6.14. The van der Waals surface area contributed by atoms with Crippen LogP contribution >= 0.6 is 0 Å². The van der Waals surface area contributed by atoms with Crippen LogP contribution in [0, 0.1) is 0 Å². The van der Waals surface area contributed by atoms with Crippen LogP contribution in [0.15, 0.2) is 160 Å². The van der Waals surface area contributed by atoms with E-state index in [2.05, 4.69) is 146 Å². The van der Waals surface area contributed by atoms with Gasteiger partial charge in [0.1, 0.15) is 22.3 Å². The van der Waals surface area contributed by atoms with Crippen molar-refractivity contribution in [3.8, 4) is 22.3 Å². The largest absolute Gasteiger partial charge is 0.456 e. The Bertz CT molecular complexity index is 2710. The molecule has 3 heteroatoms. The predicted octanol–water partition coefficient (Wildman–Crippen LogP) is 12.9. The molecule has 3 nitrogen and oxygen atoms in total. The first-order valence-corrected chi connectivity index (χ1v) is 16.5. The standard InChI is InChI=1S/C45H31NO2/c1-45(2)37-18-9-6-15-31(37)36-26-30(25-35(44(36)45)28-13-4-3-5-14-28)46(29-23-24-33-32-16-7-10-20-39(32)48-42(33)27-29)38-19-12-22-41-43(38)34-17-8-11-21-40(34)47-41/h3-27H,1-2H3. The van der Waals surface area contributed by atoms with Crippen molar-refractivity contribution >= 4 is 60.9 Å². The fourth-order valence-corrected chi connectivity index (χ4v) is 8.11. The topological polar surface area (TPSA) is 29.5 Å². The van der Waals surface area contributed by atoms with Crippen molar-refractivity contribution in [3.63, 3.8) is 0 Å². The molecule has 0 N–H and O–H groups in total. The Labute approximate surface area is 278 Å². The average Bonchev–Trinajstić information content (AvgIpc) is 3.76. The summed E-state index contributed by atoms with van der Waals surface area (Å²) in [7, 11) is 0. The Morgan fingerprint density at radius 2 is 1.10 bits per heavy atom. The monoisotopic (exact) mass is 617 g/mol. The van der Waals surface area contributed by atoms with Crippen LogP contribution in [0.5, 0.6) is 0 Å². The molecule has 0 amide bonds. The van der Waals surface area contributed by atoms with Gasteiger partial charge in [-0.2, -0.15) is 0 Å². The van der Waals surface area contributed by atoms with E-state index < -0.39 is 0 Å². The molecule has 0 saturated carbocycles. The van der Waals surface area contributed by atoms with Gasteiger partial charge in [0.2, 0.25) is 0 Å². The minimum absolute atomic E-state index is 0.158. The Balaban J connectivity index is 1.32. The highest BCUT2D eigenvalue weighted by Gasteiger charge is 2.38. The molecule has 2 aromatic heterocycles. The van der Waals surface area contributed by atoms with Crippen LogP contribution in [0.1, 0.15) is 25.0 Å². The van der Waals surface area contributed by atoms with Crippen molar-refractivity contribution < 1.29 is 8.83 Å². The molecule has 0 bridgehead atoms. The molecular formula is C45H31NO2. The molecule has 0 atom stereocenters. The summed E-state index contributed by atoms with van der Waals surface area (Å²) in [5, 5.41) is 4.40. The summed E-state index contributed by atoms with van der Waals surface area (Å²) >= 11 is 0. The number of anilines is 3. The fraction of sp³-hybridized carbons (Fsp3) is 0.0667. The van der Waals surface area contributed by atoms with E-state index in [0.717, 1.165) is 60.9 Å². The third-order valence-electron chi connectivity index (χ3n) is 10.2. The molecule has 0 unspecified atom stereocenters. The number of fused-ring (bicyclic) bond motifs is 9. The van der Waals surface area contributed by atoms with E-state index in [0.29, 0.717) is 0 Å². The molecule has 2 heterocycles. The first-order valence-electron chi connectivity index (χ1n) is 16.5.